The highest BCUT2D eigenvalue weighted by Crippen LogP contribution is 2.36. The number of hydrogen-bond acceptors (Lipinski definition) is 6. The molecule has 2 aromatic rings. The van der Waals surface area contributed by atoms with Crippen LogP contribution in [0.2, 0.25) is 0 Å². The van der Waals surface area contributed by atoms with Crippen molar-refractivity contribution in [2.45, 2.75) is 75.6 Å². The molecular formula is C27H32N2O6S. The van der Waals surface area contributed by atoms with Crippen LogP contribution in [0.4, 0.5) is 10.5 Å². The van der Waals surface area contributed by atoms with Gasteiger partial charge in [0.1, 0.15) is 17.4 Å². The van der Waals surface area contributed by atoms with E-state index in [1.165, 1.54) is 41.6 Å². The Morgan fingerprint density at radius 1 is 1.11 bits per heavy atom. The number of nitrogens with one attached hydrogen (secondary N) is 1. The molecule has 0 saturated heterocycles. The molecule has 1 aliphatic carbocycles. The Morgan fingerprint density at radius 2 is 1.81 bits per heavy atom. The lowest BCUT2D eigenvalue weighted by Gasteiger charge is -2.27. The molecule has 2 aromatic carbocycles. The van der Waals surface area contributed by atoms with Crippen molar-refractivity contribution < 1.29 is 29.0 Å². The fraction of sp³-hybridized carbons (Fsp3) is 0.444. The fourth-order valence-electron chi connectivity index (χ4n) is 4.31. The highest BCUT2D eigenvalue weighted by Gasteiger charge is 2.33. The van der Waals surface area contributed by atoms with Gasteiger partial charge in [-0.2, -0.15) is 0 Å². The van der Waals surface area contributed by atoms with E-state index in [0.29, 0.717) is 11.4 Å². The first-order valence-corrected chi connectivity index (χ1v) is 13.1. The number of nitrogens with zero attached hydrogens (tertiary/aromatic N) is 1. The van der Waals surface area contributed by atoms with E-state index in [2.05, 4.69) is 5.32 Å². The van der Waals surface area contributed by atoms with E-state index >= 15 is 0 Å². The zero-order valence-electron chi connectivity index (χ0n) is 20.8. The second-order valence-electron chi connectivity index (χ2n) is 10.1. The minimum Gasteiger partial charge on any atom is -0.490 e. The third-order valence-electron chi connectivity index (χ3n) is 6.03. The van der Waals surface area contributed by atoms with Gasteiger partial charge >= 0.3 is 12.1 Å². The molecule has 1 fully saturated rings. The molecule has 0 spiro atoms. The smallest absolute Gasteiger partial charge is 0.408 e. The second kappa shape index (κ2) is 10.8. The van der Waals surface area contributed by atoms with Gasteiger partial charge in [0.05, 0.1) is 23.9 Å². The maximum absolute atomic E-state index is 13.7. The Labute approximate surface area is 215 Å². The van der Waals surface area contributed by atoms with Crippen LogP contribution in [0.1, 0.15) is 62.4 Å². The zero-order chi connectivity index (χ0) is 25.9. The number of fused-ring (bicyclic) bond motifs is 1. The van der Waals surface area contributed by atoms with Crippen molar-refractivity contribution in [3.05, 3.63) is 53.6 Å². The van der Waals surface area contributed by atoms with Gasteiger partial charge in [-0.25, -0.2) is 9.59 Å². The molecular weight excluding hydrogens is 480 g/mol. The summed E-state index contributed by atoms with van der Waals surface area (Å²) in [6, 6.07) is 11.5. The van der Waals surface area contributed by atoms with Crippen LogP contribution in [-0.2, 0) is 16.1 Å². The molecule has 2 amide bonds. The monoisotopic (exact) mass is 512 g/mol. The second-order valence-corrected chi connectivity index (χ2v) is 11.2. The number of carbonyl (C=O) groups excluding carboxylic acids is 2. The number of anilines is 1. The Hall–Kier alpha value is -3.20. The van der Waals surface area contributed by atoms with Crippen LogP contribution in [0, 0.1) is 0 Å². The summed E-state index contributed by atoms with van der Waals surface area (Å²) in [7, 11) is 0. The van der Waals surface area contributed by atoms with Gasteiger partial charge in [0, 0.05) is 10.6 Å². The molecule has 1 saturated carbocycles. The van der Waals surface area contributed by atoms with Gasteiger partial charge in [-0.15, -0.1) is 11.8 Å². The molecule has 0 unspecified atom stereocenters. The average molecular weight is 513 g/mol. The summed E-state index contributed by atoms with van der Waals surface area (Å²) in [5.74, 6) is -0.319. The van der Waals surface area contributed by atoms with Crippen molar-refractivity contribution in [1.82, 2.24) is 5.32 Å². The number of aromatic carboxylic acids is 1. The number of carbonyl (C=O) groups is 3. The summed E-state index contributed by atoms with van der Waals surface area (Å²) in [5.41, 5.74) is 0.749. The van der Waals surface area contributed by atoms with Gasteiger partial charge in [0.25, 0.3) is 5.91 Å². The standard InChI is InChI=1S/C27H32N2O6S/c1-27(2,3)35-26(33)28-21-16-36-23-13-10-18(25(31)32)14-22(23)29(24(21)30)15-17-8-11-20(12-9-17)34-19-6-4-5-7-19/h8-14,19,21H,4-7,15-16H2,1-3H3,(H,28,33)(H,31,32)/t21-/m0/s1. The van der Waals surface area contributed by atoms with Crippen molar-refractivity contribution in [3.8, 4) is 5.75 Å². The minimum atomic E-state index is -1.07. The molecule has 0 aromatic heterocycles. The summed E-state index contributed by atoms with van der Waals surface area (Å²) in [6.07, 6.45) is 4.09. The molecule has 1 aliphatic heterocycles. The molecule has 2 aliphatic rings. The molecule has 1 atom stereocenters. The van der Waals surface area contributed by atoms with E-state index in [1.54, 1.807) is 26.8 Å². The average Bonchev–Trinajstić information content (AvgIpc) is 3.28. The molecule has 1 heterocycles. The number of carboxylic acid groups (broad SMARTS) is 1. The molecule has 4 rings (SSSR count). The SMILES string of the molecule is CC(C)(C)OC(=O)N[C@H]1CSc2ccc(C(=O)O)cc2N(Cc2ccc(OC3CCCC3)cc2)C1=O. The third kappa shape index (κ3) is 6.51. The molecule has 192 valence electrons. The van der Waals surface area contributed by atoms with E-state index in [0.717, 1.165) is 29.1 Å². The van der Waals surface area contributed by atoms with E-state index in [9.17, 15) is 19.5 Å². The van der Waals surface area contributed by atoms with Crippen LogP contribution < -0.4 is 15.0 Å². The molecule has 0 bridgehead atoms. The number of benzene rings is 2. The Kier molecular flexibility index (Phi) is 7.78. The number of thioether (sulfide) groups is 1. The van der Waals surface area contributed by atoms with Crippen molar-refractivity contribution >= 4 is 35.4 Å². The quantitative estimate of drug-likeness (QED) is 0.545. The summed E-state index contributed by atoms with van der Waals surface area (Å²) in [6.45, 7) is 5.48. The van der Waals surface area contributed by atoms with E-state index in [4.69, 9.17) is 9.47 Å². The van der Waals surface area contributed by atoms with Crippen LogP contribution in [-0.4, -0.2) is 46.6 Å². The van der Waals surface area contributed by atoms with Gasteiger partial charge in [-0.3, -0.25) is 4.79 Å². The third-order valence-corrected chi connectivity index (χ3v) is 7.18. The number of hydrogen-bond donors (Lipinski definition) is 2. The first kappa shape index (κ1) is 25.9. The van der Waals surface area contributed by atoms with Crippen LogP contribution in [0.5, 0.6) is 5.75 Å². The predicted molar refractivity (Wildman–Crippen MR) is 138 cm³/mol. The lowest BCUT2D eigenvalue weighted by atomic mass is 10.1. The summed E-state index contributed by atoms with van der Waals surface area (Å²) in [4.78, 5) is 40.1. The zero-order valence-corrected chi connectivity index (χ0v) is 21.6. The maximum Gasteiger partial charge on any atom is 0.408 e. The first-order chi connectivity index (χ1) is 17.1. The van der Waals surface area contributed by atoms with E-state index in [1.807, 2.05) is 24.3 Å². The number of ether oxygens (including phenoxy) is 2. The number of carboxylic acids is 1. The fourth-order valence-corrected chi connectivity index (χ4v) is 5.36. The lowest BCUT2D eigenvalue weighted by molar-refractivity contribution is -0.120. The molecule has 36 heavy (non-hydrogen) atoms. The van der Waals surface area contributed by atoms with Crippen molar-refractivity contribution in [3.63, 3.8) is 0 Å². The Morgan fingerprint density at radius 3 is 2.44 bits per heavy atom. The minimum absolute atomic E-state index is 0.0889. The normalized spacial score (nSPS) is 18.4. The van der Waals surface area contributed by atoms with Gasteiger partial charge < -0.3 is 24.8 Å². The van der Waals surface area contributed by atoms with Gasteiger partial charge in [0.15, 0.2) is 0 Å². The van der Waals surface area contributed by atoms with Crippen LogP contribution in [0.15, 0.2) is 47.4 Å². The number of amides is 2. The van der Waals surface area contributed by atoms with E-state index in [-0.39, 0.29) is 24.1 Å². The predicted octanol–water partition coefficient (Wildman–Crippen LogP) is 5.24. The topological polar surface area (TPSA) is 105 Å². The molecule has 8 nitrogen and oxygen atoms in total. The largest absolute Gasteiger partial charge is 0.490 e. The number of alkyl carbamates (subject to hydrolysis) is 1. The number of rotatable bonds is 6. The molecule has 9 heteroatoms. The van der Waals surface area contributed by atoms with Crippen molar-refractivity contribution in [1.29, 1.82) is 0 Å². The maximum atomic E-state index is 13.7. The Bertz CT molecular complexity index is 1120. The van der Waals surface area contributed by atoms with Gasteiger partial charge in [-0.1, -0.05) is 12.1 Å². The van der Waals surface area contributed by atoms with Crippen LogP contribution in [0.3, 0.4) is 0 Å². The van der Waals surface area contributed by atoms with Crippen molar-refractivity contribution in [2.24, 2.45) is 0 Å². The van der Waals surface area contributed by atoms with Crippen LogP contribution in [0.25, 0.3) is 0 Å². The summed E-state index contributed by atoms with van der Waals surface area (Å²) < 4.78 is 11.4. The first-order valence-electron chi connectivity index (χ1n) is 12.2. The highest BCUT2D eigenvalue weighted by atomic mass is 32.2. The van der Waals surface area contributed by atoms with Crippen molar-refractivity contribution in [2.75, 3.05) is 10.7 Å². The van der Waals surface area contributed by atoms with Gasteiger partial charge in [-0.05, 0) is 82.3 Å². The summed E-state index contributed by atoms with van der Waals surface area (Å²) in [5, 5.41) is 12.2. The molecule has 2 N–H and O–H groups in total. The van der Waals surface area contributed by atoms with E-state index < -0.39 is 23.7 Å². The lowest BCUT2D eigenvalue weighted by Crippen LogP contribution is -2.50. The highest BCUT2D eigenvalue weighted by molar-refractivity contribution is 7.99. The summed E-state index contributed by atoms with van der Waals surface area (Å²) >= 11 is 1.39. The van der Waals surface area contributed by atoms with Gasteiger partial charge in [0.2, 0.25) is 0 Å². The van der Waals surface area contributed by atoms with Crippen LogP contribution >= 0.6 is 11.8 Å². The Balaban J connectivity index is 1.58. The molecule has 0 radical (unpaired) electrons.